The average Bonchev–Trinajstić information content (AvgIpc) is 2.21. The molecule has 90 valence electrons. The number of hydrogen-bond donors (Lipinski definition) is 1. The maximum atomic E-state index is 5.05. The first kappa shape index (κ1) is 13.0. The maximum Gasteiger partial charge on any atom is 0.0462 e. The van der Waals surface area contributed by atoms with Gasteiger partial charge in [0.1, 0.15) is 0 Å². The third-order valence-electron chi connectivity index (χ3n) is 3.70. The van der Waals surface area contributed by atoms with Crippen LogP contribution < -0.4 is 5.32 Å². The van der Waals surface area contributed by atoms with Crippen LogP contribution in [0.3, 0.4) is 0 Å². The van der Waals surface area contributed by atoms with Gasteiger partial charge in [0.2, 0.25) is 0 Å². The average molecular weight is 213 g/mol. The van der Waals surface area contributed by atoms with Crippen molar-refractivity contribution in [3.05, 3.63) is 0 Å². The number of rotatable bonds is 6. The summed E-state index contributed by atoms with van der Waals surface area (Å²) in [7, 11) is 1.78. The molecule has 1 aliphatic rings. The van der Waals surface area contributed by atoms with E-state index in [9.17, 15) is 0 Å². The minimum atomic E-state index is 0.751. The van der Waals surface area contributed by atoms with Crippen molar-refractivity contribution < 1.29 is 4.74 Å². The second kappa shape index (κ2) is 7.24. The summed E-state index contributed by atoms with van der Waals surface area (Å²) in [6.07, 6.45) is 6.65. The molecule has 2 nitrogen and oxygen atoms in total. The van der Waals surface area contributed by atoms with E-state index >= 15 is 0 Å². The molecule has 1 rings (SSSR count). The highest BCUT2D eigenvalue weighted by atomic mass is 16.5. The van der Waals surface area contributed by atoms with Gasteiger partial charge in [-0.25, -0.2) is 0 Å². The van der Waals surface area contributed by atoms with Crippen LogP contribution in [-0.2, 0) is 4.74 Å². The lowest BCUT2D eigenvalue weighted by molar-refractivity contribution is 0.185. The van der Waals surface area contributed by atoms with E-state index in [1.807, 2.05) is 0 Å². The zero-order chi connectivity index (χ0) is 11.1. The Hall–Kier alpha value is -0.0800. The van der Waals surface area contributed by atoms with Gasteiger partial charge >= 0.3 is 0 Å². The van der Waals surface area contributed by atoms with Crippen LogP contribution in [0.5, 0.6) is 0 Å². The molecule has 0 aromatic heterocycles. The molecule has 2 atom stereocenters. The van der Waals surface area contributed by atoms with Gasteiger partial charge in [-0.1, -0.05) is 20.3 Å². The number of ether oxygens (including phenoxy) is 1. The van der Waals surface area contributed by atoms with E-state index in [1.54, 1.807) is 7.11 Å². The Morgan fingerprint density at radius 1 is 1.13 bits per heavy atom. The Kier molecular flexibility index (Phi) is 6.26. The minimum Gasteiger partial charge on any atom is -0.385 e. The molecule has 1 aliphatic carbocycles. The summed E-state index contributed by atoms with van der Waals surface area (Å²) in [4.78, 5) is 0. The smallest absolute Gasteiger partial charge is 0.0462 e. The fourth-order valence-electron chi connectivity index (χ4n) is 2.72. The Morgan fingerprint density at radius 2 is 1.80 bits per heavy atom. The van der Waals surface area contributed by atoms with E-state index in [2.05, 4.69) is 19.2 Å². The molecular weight excluding hydrogens is 186 g/mol. The van der Waals surface area contributed by atoms with Crippen LogP contribution in [0.1, 0.15) is 46.0 Å². The maximum absolute atomic E-state index is 5.05. The first-order valence-electron chi connectivity index (χ1n) is 6.48. The Labute approximate surface area is 94.8 Å². The minimum absolute atomic E-state index is 0.751. The first-order valence-corrected chi connectivity index (χ1v) is 6.48. The molecule has 0 aliphatic heterocycles. The summed E-state index contributed by atoms with van der Waals surface area (Å²) in [6.45, 7) is 6.84. The van der Waals surface area contributed by atoms with Crippen molar-refractivity contribution in [2.24, 2.45) is 11.8 Å². The normalized spacial score (nSPS) is 28.2. The van der Waals surface area contributed by atoms with E-state index in [0.717, 1.165) is 31.0 Å². The molecular formula is C13H27NO. The summed E-state index contributed by atoms with van der Waals surface area (Å²) >= 11 is 0. The zero-order valence-corrected chi connectivity index (χ0v) is 10.6. The van der Waals surface area contributed by atoms with Gasteiger partial charge < -0.3 is 10.1 Å². The molecule has 0 bridgehead atoms. The molecule has 2 heteroatoms. The zero-order valence-electron chi connectivity index (χ0n) is 10.6. The molecule has 0 heterocycles. The van der Waals surface area contributed by atoms with Gasteiger partial charge in [0.25, 0.3) is 0 Å². The molecule has 0 aromatic rings. The predicted molar refractivity (Wildman–Crippen MR) is 65.1 cm³/mol. The third kappa shape index (κ3) is 4.52. The van der Waals surface area contributed by atoms with Gasteiger partial charge in [0, 0.05) is 19.8 Å². The van der Waals surface area contributed by atoms with Gasteiger partial charge in [0.05, 0.1) is 0 Å². The quantitative estimate of drug-likeness (QED) is 0.685. The summed E-state index contributed by atoms with van der Waals surface area (Å²) in [5.41, 5.74) is 0. The number of unbranched alkanes of at least 4 members (excludes halogenated alkanes) is 1. The van der Waals surface area contributed by atoms with Crippen molar-refractivity contribution in [3.63, 3.8) is 0 Å². The van der Waals surface area contributed by atoms with E-state index < -0.39 is 0 Å². The summed E-state index contributed by atoms with van der Waals surface area (Å²) in [6, 6.07) is 0.751. The number of hydrogen-bond acceptors (Lipinski definition) is 2. The topological polar surface area (TPSA) is 21.3 Å². The molecule has 0 unspecified atom stereocenters. The van der Waals surface area contributed by atoms with Gasteiger partial charge in [-0.05, 0) is 44.1 Å². The van der Waals surface area contributed by atoms with Crippen LogP contribution in [0, 0.1) is 11.8 Å². The van der Waals surface area contributed by atoms with E-state index in [1.165, 1.54) is 32.1 Å². The molecule has 1 fully saturated rings. The summed E-state index contributed by atoms with van der Waals surface area (Å²) < 4.78 is 5.05. The lowest BCUT2D eigenvalue weighted by Gasteiger charge is -2.35. The van der Waals surface area contributed by atoms with Crippen molar-refractivity contribution >= 4 is 0 Å². The monoisotopic (exact) mass is 213 g/mol. The summed E-state index contributed by atoms with van der Waals surface area (Å²) in [5, 5.41) is 3.72. The van der Waals surface area contributed by atoms with Gasteiger partial charge in [-0.15, -0.1) is 0 Å². The molecule has 1 N–H and O–H groups in total. The van der Waals surface area contributed by atoms with E-state index in [0.29, 0.717) is 0 Å². The number of nitrogens with one attached hydrogen (secondary N) is 1. The fourth-order valence-corrected chi connectivity index (χ4v) is 2.72. The third-order valence-corrected chi connectivity index (χ3v) is 3.70. The lowest BCUT2D eigenvalue weighted by Crippen LogP contribution is -2.43. The van der Waals surface area contributed by atoms with E-state index in [4.69, 9.17) is 4.74 Å². The van der Waals surface area contributed by atoms with E-state index in [-0.39, 0.29) is 0 Å². The molecule has 0 aromatic carbocycles. The Balaban J connectivity index is 2.12. The van der Waals surface area contributed by atoms with Crippen LogP contribution >= 0.6 is 0 Å². The molecule has 15 heavy (non-hydrogen) atoms. The molecule has 0 spiro atoms. The summed E-state index contributed by atoms with van der Waals surface area (Å²) in [5.74, 6) is 1.72. The van der Waals surface area contributed by atoms with Crippen molar-refractivity contribution in [1.82, 2.24) is 5.32 Å². The highest BCUT2D eigenvalue weighted by molar-refractivity contribution is 4.83. The standard InChI is InChI=1S/C13H27NO/c1-11-7-6-8-12(2)13(11)14-9-4-5-10-15-3/h11-14H,4-10H2,1-3H3/t11-,12-/m1/s1. The van der Waals surface area contributed by atoms with Crippen molar-refractivity contribution in [2.75, 3.05) is 20.3 Å². The van der Waals surface area contributed by atoms with Crippen molar-refractivity contribution in [2.45, 2.75) is 52.0 Å². The van der Waals surface area contributed by atoms with Crippen LogP contribution in [0.25, 0.3) is 0 Å². The van der Waals surface area contributed by atoms with Gasteiger partial charge in [-0.2, -0.15) is 0 Å². The van der Waals surface area contributed by atoms with Crippen LogP contribution in [0.15, 0.2) is 0 Å². The van der Waals surface area contributed by atoms with Crippen LogP contribution in [0.4, 0.5) is 0 Å². The molecule has 0 amide bonds. The Morgan fingerprint density at radius 3 is 2.40 bits per heavy atom. The first-order chi connectivity index (χ1) is 7.25. The Bertz CT molecular complexity index is 151. The molecule has 0 radical (unpaired) electrons. The number of methoxy groups -OCH3 is 1. The molecule has 0 saturated heterocycles. The molecule has 1 saturated carbocycles. The predicted octanol–water partition coefficient (Wildman–Crippen LogP) is 2.83. The second-order valence-corrected chi connectivity index (χ2v) is 5.07. The lowest BCUT2D eigenvalue weighted by atomic mass is 9.79. The SMILES string of the molecule is COCCCCNC1[C@H](C)CCC[C@H]1C. The second-order valence-electron chi connectivity index (χ2n) is 5.07. The fraction of sp³-hybridized carbons (Fsp3) is 1.00. The highest BCUT2D eigenvalue weighted by Crippen LogP contribution is 2.28. The van der Waals surface area contributed by atoms with Crippen molar-refractivity contribution in [3.8, 4) is 0 Å². The van der Waals surface area contributed by atoms with Crippen LogP contribution in [0.2, 0.25) is 0 Å². The van der Waals surface area contributed by atoms with Gasteiger partial charge in [-0.3, -0.25) is 0 Å². The van der Waals surface area contributed by atoms with Crippen molar-refractivity contribution in [1.29, 1.82) is 0 Å². The highest BCUT2D eigenvalue weighted by Gasteiger charge is 2.26. The van der Waals surface area contributed by atoms with Gasteiger partial charge in [0.15, 0.2) is 0 Å². The largest absolute Gasteiger partial charge is 0.385 e. The van der Waals surface area contributed by atoms with Crippen LogP contribution in [-0.4, -0.2) is 26.3 Å².